The van der Waals surface area contributed by atoms with Crippen molar-refractivity contribution in [3.63, 3.8) is 0 Å². The number of nitrogens with zero attached hydrogens (tertiary/aromatic N) is 3. The number of benzene rings is 1. The van der Waals surface area contributed by atoms with Gasteiger partial charge in [-0.1, -0.05) is 0 Å². The molecule has 1 fully saturated rings. The van der Waals surface area contributed by atoms with Gasteiger partial charge in [-0.2, -0.15) is 0 Å². The number of anilines is 1. The van der Waals surface area contributed by atoms with Gasteiger partial charge in [-0.25, -0.2) is 9.37 Å². The number of hydrogen-bond donors (Lipinski definition) is 2. The third-order valence-corrected chi connectivity index (χ3v) is 3.80. The first-order valence-corrected chi connectivity index (χ1v) is 7.11. The maximum absolute atomic E-state index is 13.2. The number of piperazine rings is 1. The fourth-order valence-corrected chi connectivity index (χ4v) is 2.59. The number of nitrogens with one attached hydrogen (secondary N) is 1. The van der Waals surface area contributed by atoms with Gasteiger partial charge in [0.05, 0.1) is 6.33 Å². The van der Waals surface area contributed by atoms with Crippen molar-refractivity contribution in [3.8, 4) is 5.75 Å². The van der Waals surface area contributed by atoms with E-state index in [-0.39, 0.29) is 17.1 Å². The molecule has 0 aliphatic carbocycles. The Hall–Kier alpha value is -2.41. The Morgan fingerprint density at radius 1 is 1.23 bits per heavy atom. The van der Waals surface area contributed by atoms with E-state index in [0.717, 1.165) is 26.2 Å². The SMILES string of the molecule is O=c1cc(N2CCN(Cc3cc(F)ccc3O)CC2)nc[nH]1. The molecule has 2 N–H and O–H groups in total. The fourth-order valence-electron chi connectivity index (χ4n) is 2.59. The van der Waals surface area contributed by atoms with Crippen LogP contribution in [0.1, 0.15) is 5.56 Å². The van der Waals surface area contributed by atoms with Crippen molar-refractivity contribution in [2.45, 2.75) is 6.54 Å². The summed E-state index contributed by atoms with van der Waals surface area (Å²) in [4.78, 5) is 22.1. The van der Waals surface area contributed by atoms with Crippen LogP contribution in [0.25, 0.3) is 0 Å². The molecular formula is C15H17FN4O2. The molecular weight excluding hydrogens is 287 g/mol. The maximum atomic E-state index is 13.2. The highest BCUT2D eigenvalue weighted by Gasteiger charge is 2.19. The van der Waals surface area contributed by atoms with E-state index in [4.69, 9.17) is 0 Å². The van der Waals surface area contributed by atoms with Gasteiger partial charge in [-0.3, -0.25) is 9.69 Å². The highest BCUT2D eigenvalue weighted by atomic mass is 19.1. The second-order valence-electron chi connectivity index (χ2n) is 5.31. The maximum Gasteiger partial charge on any atom is 0.252 e. The summed E-state index contributed by atoms with van der Waals surface area (Å²) < 4.78 is 13.2. The summed E-state index contributed by atoms with van der Waals surface area (Å²) in [6.07, 6.45) is 1.40. The smallest absolute Gasteiger partial charge is 0.252 e. The predicted molar refractivity (Wildman–Crippen MR) is 80.4 cm³/mol. The van der Waals surface area contributed by atoms with Gasteiger partial charge in [-0.05, 0) is 18.2 Å². The fraction of sp³-hybridized carbons (Fsp3) is 0.333. The van der Waals surface area contributed by atoms with Crippen molar-refractivity contribution in [2.75, 3.05) is 31.1 Å². The monoisotopic (exact) mass is 304 g/mol. The molecule has 1 saturated heterocycles. The van der Waals surface area contributed by atoms with Crippen LogP contribution in [0.3, 0.4) is 0 Å². The highest BCUT2D eigenvalue weighted by Crippen LogP contribution is 2.21. The molecule has 0 bridgehead atoms. The van der Waals surface area contributed by atoms with Crippen LogP contribution in [-0.2, 0) is 6.54 Å². The lowest BCUT2D eigenvalue weighted by molar-refractivity contribution is 0.246. The average Bonchev–Trinajstić information content (AvgIpc) is 2.52. The molecule has 1 aliphatic heterocycles. The Morgan fingerprint density at radius 2 is 2.00 bits per heavy atom. The molecule has 2 aromatic rings. The summed E-state index contributed by atoms with van der Waals surface area (Å²) in [6.45, 7) is 3.47. The summed E-state index contributed by atoms with van der Waals surface area (Å²) in [5.74, 6) is 0.427. The van der Waals surface area contributed by atoms with Gasteiger partial charge in [0.1, 0.15) is 17.4 Å². The molecule has 0 atom stereocenters. The van der Waals surface area contributed by atoms with Crippen molar-refractivity contribution < 1.29 is 9.50 Å². The van der Waals surface area contributed by atoms with E-state index in [1.807, 2.05) is 4.90 Å². The Labute approximate surface area is 126 Å². The molecule has 1 aliphatic rings. The Kier molecular flexibility index (Phi) is 4.06. The van der Waals surface area contributed by atoms with E-state index in [1.165, 1.54) is 30.6 Å². The second kappa shape index (κ2) is 6.15. The molecule has 1 aromatic carbocycles. The van der Waals surface area contributed by atoms with Gasteiger partial charge in [0, 0.05) is 44.4 Å². The van der Waals surface area contributed by atoms with Crippen molar-refractivity contribution in [1.29, 1.82) is 0 Å². The van der Waals surface area contributed by atoms with Gasteiger partial charge in [0.25, 0.3) is 5.56 Å². The summed E-state index contributed by atoms with van der Waals surface area (Å²) >= 11 is 0. The number of rotatable bonds is 3. The molecule has 0 saturated carbocycles. The van der Waals surface area contributed by atoms with Gasteiger partial charge < -0.3 is 15.0 Å². The van der Waals surface area contributed by atoms with E-state index in [1.54, 1.807) is 0 Å². The number of aromatic amines is 1. The zero-order chi connectivity index (χ0) is 15.5. The molecule has 1 aromatic heterocycles. The lowest BCUT2D eigenvalue weighted by Gasteiger charge is -2.35. The summed E-state index contributed by atoms with van der Waals surface area (Å²) in [7, 11) is 0. The van der Waals surface area contributed by atoms with E-state index < -0.39 is 0 Å². The zero-order valence-corrected chi connectivity index (χ0v) is 12.0. The Morgan fingerprint density at radius 3 is 2.73 bits per heavy atom. The first-order valence-electron chi connectivity index (χ1n) is 7.11. The van der Waals surface area contributed by atoms with Crippen LogP contribution < -0.4 is 10.5 Å². The minimum atomic E-state index is -0.348. The minimum absolute atomic E-state index is 0.111. The number of phenolic OH excluding ortho intramolecular Hbond substituents is 1. The van der Waals surface area contributed by atoms with Crippen molar-refractivity contribution in [2.24, 2.45) is 0 Å². The molecule has 116 valence electrons. The van der Waals surface area contributed by atoms with E-state index in [2.05, 4.69) is 14.9 Å². The first kappa shape index (κ1) is 14.5. The summed E-state index contributed by atoms with van der Waals surface area (Å²) in [5, 5.41) is 9.77. The Bertz CT molecular complexity index is 711. The van der Waals surface area contributed by atoms with E-state index >= 15 is 0 Å². The van der Waals surface area contributed by atoms with Crippen LogP contribution in [-0.4, -0.2) is 46.2 Å². The van der Waals surface area contributed by atoms with Crippen LogP contribution in [0.2, 0.25) is 0 Å². The van der Waals surface area contributed by atoms with Crippen molar-refractivity contribution >= 4 is 5.82 Å². The quantitative estimate of drug-likeness (QED) is 0.883. The van der Waals surface area contributed by atoms with E-state index in [9.17, 15) is 14.3 Å². The minimum Gasteiger partial charge on any atom is -0.508 e. The number of phenols is 1. The number of hydrogen-bond acceptors (Lipinski definition) is 5. The highest BCUT2D eigenvalue weighted by molar-refractivity contribution is 5.37. The summed E-state index contributed by atoms with van der Waals surface area (Å²) in [6, 6.07) is 5.46. The van der Waals surface area contributed by atoms with Crippen molar-refractivity contribution in [3.05, 3.63) is 52.3 Å². The molecule has 0 amide bonds. The standard InChI is InChI=1S/C15H17FN4O2/c16-12-1-2-13(21)11(7-12)9-19-3-5-20(6-4-19)14-8-15(22)18-10-17-14/h1-2,7-8,10,21H,3-6,9H2,(H,17,18,22). The first-order chi connectivity index (χ1) is 10.6. The van der Waals surface area contributed by atoms with Gasteiger partial charge >= 0.3 is 0 Å². The number of H-pyrrole nitrogens is 1. The van der Waals surface area contributed by atoms with Gasteiger partial charge in [0.2, 0.25) is 0 Å². The third kappa shape index (κ3) is 3.25. The van der Waals surface area contributed by atoms with Crippen molar-refractivity contribution in [1.82, 2.24) is 14.9 Å². The summed E-state index contributed by atoms with van der Waals surface area (Å²) in [5.41, 5.74) is 0.417. The third-order valence-electron chi connectivity index (χ3n) is 3.80. The molecule has 7 heteroatoms. The second-order valence-corrected chi connectivity index (χ2v) is 5.31. The molecule has 0 radical (unpaired) electrons. The van der Waals surface area contributed by atoms with Gasteiger partial charge in [-0.15, -0.1) is 0 Å². The molecule has 2 heterocycles. The van der Waals surface area contributed by atoms with Crippen LogP contribution in [0.15, 0.2) is 35.4 Å². The molecule has 22 heavy (non-hydrogen) atoms. The van der Waals surface area contributed by atoms with Gasteiger partial charge in [0.15, 0.2) is 0 Å². The predicted octanol–water partition coefficient (Wildman–Crippen LogP) is 0.937. The largest absolute Gasteiger partial charge is 0.508 e. The normalized spacial score (nSPS) is 16.0. The topological polar surface area (TPSA) is 72.5 Å². The van der Waals surface area contributed by atoms with Crippen LogP contribution >= 0.6 is 0 Å². The molecule has 3 rings (SSSR count). The lowest BCUT2D eigenvalue weighted by Crippen LogP contribution is -2.46. The molecule has 0 unspecified atom stereocenters. The van der Waals surface area contributed by atoms with Crippen LogP contribution in [0.5, 0.6) is 5.75 Å². The van der Waals surface area contributed by atoms with Crippen LogP contribution in [0, 0.1) is 5.82 Å². The lowest BCUT2D eigenvalue weighted by atomic mass is 10.1. The van der Waals surface area contributed by atoms with Crippen LogP contribution in [0.4, 0.5) is 10.2 Å². The van der Waals surface area contributed by atoms with E-state index in [0.29, 0.717) is 17.9 Å². The Balaban J connectivity index is 1.62. The molecule has 0 spiro atoms. The zero-order valence-electron chi connectivity index (χ0n) is 12.0. The number of aromatic hydroxyl groups is 1. The average molecular weight is 304 g/mol. The number of aromatic nitrogens is 2. The molecule has 6 nitrogen and oxygen atoms in total. The number of halogens is 1.